The average Bonchev–Trinajstić information content (AvgIpc) is 2.86. The van der Waals surface area contributed by atoms with E-state index in [4.69, 9.17) is 4.74 Å². The molecule has 192 valence electrons. The van der Waals surface area contributed by atoms with Gasteiger partial charge < -0.3 is 9.64 Å². The van der Waals surface area contributed by atoms with Crippen LogP contribution in [-0.2, 0) is 27.7 Å². The molecule has 0 saturated heterocycles. The van der Waals surface area contributed by atoms with Gasteiger partial charge >= 0.3 is 0 Å². The van der Waals surface area contributed by atoms with E-state index in [1.54, 1.807) is 6.07 Å². The Morgan fingerprint density at radius 1 is 0.917 bits per heavy atom. The number of fused-ring (bicyclic) bond motifs is 2. The van der Waals surface area contributed by atoms with Crippen molar-refractivity contribution in [3.8, 4) is 11.5 Å². The van der Waals surface area contributed by atoms with Crippen LogP contribution in [0.1, 0.15) is 69.8 Å². The first kappa shape index (κ1) is 26.1. The highest BCUT2D eigenvalue weighted by Gasteiger charge is 2.47. The Bertz CT molecular complexity index is 1300. The van der Waals surface area contributed by atoms with Gasteiger partial charge in [-0.25, -0.2) is 9.97 Å². The van der Waals surface area contributed by atoms with Crippen LogP contribution in [0.2, 0.25) is 0 Å². The van der Waals surface area contributed by atoms with Crippen molar-refractivity contribution in [3.05, 3.63) is 71.8 Å². The lowest BCUT2D eigenvalue weighted by Gasteiger charge is -2.37. The number of aryl methyl sites for hydroxylation is 2. The molecule has 1 N–H and O–H groups in total. The number of hydrogen-bond acceptors (Lipinski definition) is 6. The molecule has 1 aromatic heterocycles. The van der Waals surface area contributed by atoms with Crippen LogP contribution in [0.3, 0.4) is 0 Å². The van der Waals surface area contributed by atoms with Crippen LogP contribution >= 0.6 is 0 Å². The van der Waals surface area contributed by atoms with E-state index >= 15 is 0 Å². The third kappa shape index (κ3) is 4.97. The second kappa shape index (κ2) is 11.0. The van der Waals surface area contributed by atoms with Crippen LogP contribution in [0.4, 0.5) is 11.4 Å². The molecule has 0 bridgehead atoms. The van der Waals surface area contributed by atoms with Crippen molar-refractivity contribution in [1.29, 1.82) is 0 Å². The summed E-state index contributed by atoms with van der Waals surface area (Å²) in [4.78, 5) is 10.7. The van der Waals surface area contributed by atoms with Crippen molar-refractivity contribution in [2.75, 3.05) is 11.4 Å². The average molecular weight is 510 g/mol. The van der Waals surface area contributed by atoms with Gasteiger partial charge in [0.2, 0.25) is 0 Å². The maximum Gasteiger partial charge on any atom is 0.278 e. The van der Waals surface area contributed by atoms with E-state index in [0.717, 1.165) is 54.1 Å². The minimum absolute atomic E-state index is 0.124. The SMILES string of the molecule is CCCc1cc(CCC)c2c(c1)N(CCC(CCC)(c1ncccn1)S(=O)(=O)O)c1ccccc1O2. The van der Waals surface area contributed by atoms with Gasteiger partial charge in [-0.15, -0.1) is 0 Å². The maximum absolute atomic E-state index is 12.9. The van der Waals surface area contributed by atoms with Crippen molar-refractivity contribution in [3.63, 3.8) is 0 Å². The summed E-state index contributed by atoms with van der Waals surface area (Å²) in [5, 5.41) is 0. The largest absolute Gasteiger partial charge is 0.453 e. The molecule has 4 rings (SSSR count). The standard InChI is InChI=1S/C28H35N3O4S/c1-4-10-21-19-22(11-5-2)26-24(20-21)31(23-12-7-8-13-25(23)35-26)18-15-28(14-6-3,36(32,33)34)27-29-16-9-17-30-27/h7-9,12-13,16-17,19-20H,4-6,10-11,14-15,18H2,1-3H3,(H,32,33,34). The number of benzene rings is 2. The van der Waals surface area contributed by atoms with Crippen LogP contribution < -0.4 is 9.64 Å². The fourth-order valence-electron chi connectivity index (χ4n) is 5.14. The van der Waals surface area contributed by atoms with Gasteiger partial charge in [-0.2, -0.15) is 8.42 Å². The number of anilines is 2. The smallest absolute Gasteiger partial charge is 0.278 e. The van der Waals surface area contributed by atoms with Crippen molar-refractivity contribution >= 4 is 21.5 Å². The molecule has 7 nitrogen and oxygen atoms in total. The van der Waals surface area contributed by atoms with Gasteiger partial charge in [0.25, 0.3) is 10.1 Å². The molecule has 8 heteroatoms. The monoisotopic (exact) mass is 509 g/mol. The first-order chi connectivity index (χ1) is 17.3. The summed E-state index contributed by atoms with van der Waals surface area (Å²) in [5.74, 6) is 1.68. The Hall–Kier alpha value is -2.97. The van der Waals surface area contributed by atoms with Crippen molar-refractivity contribution < 1.29 is 17.7 Å². The van der Waals surface area contributed by atoms with Gasteiger partial charge in [0.15, 0.2) is 22.1 Å². The number of hydrogen-bond donors (Lipinski definition) is 1. The Morgan fingerprint density at radius 3 is 2.31 bits per heavy atom. The Balaban J connectivity index is 1.83. The van der Waals surface area contributed by atoms with E-state index in [0.29, 0.717) is 13.0 Å². The van der Waals surface area contributed by atoms with Gasteiger partial charge in [-0.05, 0) is 61.1 Å². The predicted octanol–water partition coefficient (Wildman–Crippen LogP) is 6.60. The van der Waals surface area contributed by atoms with Crippen LogP contribution in [0.25, 0.3) is 0 Å². The summed E-state index contributed by atoms with van der Waals surface area (Å²) in [5.41, 5.74) is 4.18. The fraction of sp³-hybridized carbons (Fsp3) is 0.429. The van der Waals surface area contributed by atoms with Gasteiger partial charge in [0.1, 0.15) is 0 Å². The number of para-hydroxylation sites is 2. The first-order valence-corrected chi connectivity index (χ1v) is 14.2. The summed E-state index contributed by atoms with van der Waals surface area (Å²) in [6, 6.07) is 13.8. The third-order valence-electron chi connectivity index (χ3n) is 6.78. The summed E-state index contributed by atoms with van der Waals surface area (Å²) >= 11 is 0. The first-order valence-electron chi connectivity index (χ1n) is 12.8. The number of nitrogens with zero attached hydrogens (tertiary/aromatic N) is 3. The Kier molecular flexibility index (Phi) is 7.95. The van der Waals surface area contributed by atoms with Crippen molar-refractivity contribution in [2.24, 2.45) is 0 Å². The predicted molar refractivity (Wildman–Crippen MR) is 143 cm³/mol. The minimum Gasteiger partial charge on any atom is -0.453 e. The van der Waals surface area contributed by atoms with Crippen LogP contribution in [0.5, 0.6) is 11.5 Å². The summed E-state index contributed by atoms with van der Waals surface area (Å²) in [7, 11) is -4.51. The third-order valence-corrected chi connectivity index (χ3v) is 8.36. The molecule has 36 heavy (non-hydrogen) atoms. The molecule has 0 spiro atoms. The van der Waals surface area contributed by atoms with Gasteiger partial charge in [0, 0.05) is 18.9 Å². The van der Waals surface area contributed by atoms with E-state index in [1.165, 1.54) is 18.0 Å². The zero-order chi connectivity index (χ0) is 25.8. The highest BCUT2D eigenvalue weighted by atomic mass is 32.2. The molecule has 3 aromatic rings. The molecule has 1 aliphatic heterocycles. The van der Waals surface area contributed by atoms with Crippen LogP contribution in [-0.4, -0.2) is 29.5 Å². The molecule has 0 saturated carbocycles. The molecule has 1 unspecified atom stereocenters. The quantitative estimate of drug-likeness (QED) is 0.291. The van der Waals surface area contributed by atoms with Gasteiger partial charge in [-0.1, -0.05) is 58.2 Å². The topological polar surface area (TPSA) is 92.6 Å². The lowest BCUT2D eigenvalue weighted by Crippen LogP contribution is -2.40. The highest BCUT2D eigenvalue weighted by molar-refractivity contribution is 7.86. The number of ether oxygens (including phenoxy) is 1. The molecule has 0 radical (unpaired) electrons. The second-order valence-electron chi connectivity index (χ2n) is 9.37. The molecule has 0 fully saturated rings. The molecule has 1 atom stereocenters. The zero-order valence-corrected chi connectivity index (χ0v) is 22.1. The van der Waals surface area contributed by atoms with E-state index in [2.05, 4.69) is 40.8 Å². The lowest BCUT2D eigenvalue weighted by atomic mass is 9.95. The van der Waals surface area contributed by atoms with E-state index in [1.807, 2.05) is 31.2 Å². The summed E-state index contributed by atoms with van der Waals surface area (Å²) < 4.78 is 41.2. The van der Waals surface area contributed by atoms with Gasteiger partial charge in [0.05, 0.1) is 11.4 Å². The summed E-state index contributed by atoms with van der Waals surface area (Å²) in [6.45, 7) is 6.55. The zero-order valence-electron chi connectivity index (χ0n) is 21.3. The Labute approximate surface area is 214 Å². The normalized spacial score (nSPS) is 14.5. The fourth-order valence-corrected chi connectivity index (χ4v) is 6.29. The highest BCUT2D eigenvalue weighted by Crippen LogP contribution is 2.50. The molecule has 2 aromatic carbocycles. The second-order valence-corrected chi connectivity index (χ2v) is 11.1. The van der Waals surface area contributed by atoms with E-state index < -0.39 is 14.9 Å². The number of rotatable bonds is 11. The molecular formula is C28H35N3O4S. The molecule has 1 aliphatic rings. The Morgan fingerprint density at radius 2 is 1.64 bits per heavy atom. The minimum atomic E-state index is -4.51. The van der Waals surface area contributed by atoms with Crippen LogP contribution in [0.15, 0.2) is 54.9 Å². The van der Waals surface area contributed by atoms with Gasteiger partial charge in [-0.3, -0.25) is 4.55 Å². The molecule has 0 aliphatic carbocycles. The van der Waals surface area contributed by atoms with E-state index in [9.17, 15) is 13.0 Å². The number of aromatic nitrogens is 2. The lowest BCUT2D eigenvalue weighted by molar-refractivity contribution is 0.382. The van der Waals surface area contributed by atoms with Crippen molar-refractivity contribution in [2.45, 2.75) is 70.5 Å². The van der Waals surface area contributed by atoms with Crippen molar-refractivity contribution in [1.82, 2.24) is 9.97 Å². The molecule has 0 amide bonds. The molecule has 2 heterocycles. The van der Waals surface area contributed by atoms with E-state index in [-0.39, 0.29) is 18.7 Å². The summed E-state index contributed by atoms with van der Waals surface area (Å²) in [6.07, 6.45) is 7.77. The molecular weight excluding hydrogens is 474 g/mol. The van der Waals surface area contributed by atoms with Crippen LogP contribution in [0, 0.1) is 0 Å². The maximum atomic E-state index is 12.9.